The lowest BCUT2D eigenvalue weighted by atomic mass is 10.4. The average molecular weight is 254 g/mol. The van der Waals surface area contributed by atoms with E-state index in [0.717, 1.165) is 11.0 Å². The van der Waals surface area contributed by atoms with Gasteiger partial charge in [0.2, 0.25) is 0 Å². The smallest absolute Gasteiger partial charge is 0.325 e. The number of hydrogen-bond donors (Lipinski definition) is 0. The zero-order chi connectivity index (χ0) is 12.4. The zero-order valence-corrected chi connectivity index (χ0v) is 10.3. The van der Waals surface area contributed by atoms with Crippen molar-refractivity contribution in [1.29, 1.82) is 0 Å². The quantitative estimate of drug-likeness (QED) is 0.619. The van der Waals surface area contributed by atoms with Gasteiger partial charge in [0.1, 0.15) is 17.9 Å². The van der Waals surface area contributed by atoms with Crippen molar-refractivity contribution in [3.05, 3.63) is 24.3 Å². The highest BCUT2D eigenvalue weighted by molar-refractivity contribution is 6.20. The van der Waals surface area contributed by atoms with Crippen molar-refractivity contribution in [2.45, 2.75) is 18.8 Å². The fourth-order valence-corrected chi connectivity index (χ4v) is 1.83. The van der Waals surface area contributed by atoms with E-state index in [1.54, 1.807) is 23.0 Å². The monoisotopic (exact) mass is 253 g/mol. The van der Waals surface area contributed by atoms with E-state index in [2.05, 4.69) is 14.7 Å². The highest BCUT2D eigenvalue weighted by atomic mass is 35.5. The Labute approximate surface area is 103 Å². The third kappa shape index (κ3) is 2.24. The molecular formula is C11H12ClN3O2. The molecule has 0 aromatic carbocycles. The lowest BCUT2D eigenvalue weighted by Crippen LogP contribution is -2.14. The van der Waals surface area contributed by atoms with Gasteiger partial charge in [-0.05, 0) is 13.0 Å². The van der Waals surface area contributed by atoms with Crippen LogP contribution in [0.25, 0.3) is 11.0 Å². The second-order valence-corrected chi connectivity index (χ2v) is 4.27. The van der Waals surface area contributed by atoms with Crippen LogP contribution in [0, 0.1) is 0 Å². The summed E-state index contributed by atoms with van der Waals surface area (Å²) in [6, 6.07) is 1.80. The first-order chi connectivity index (χ1) is 8.13. The van der Waals surface area contributed by atoms with Crippen LogP contribution in [0.3, 0.4) is 0 Å². The maximum atomic E-state index is 11.4. The molecule has 2 aromatic rings. The molecule has 0 aliphatic heterocycles. The van der Waals surface area contributed by atoms with Gasteiger partial charge in [-0.25, -0.2) is 4.98 Å². The molecule has 0 fully saturated rings. The van der Waals surface area contributed by atoms with E-state index in [1.807, 2.05) is 6.92 Å². The first-order valence-corrected chi connectivity index (χ1v) is 5.58. The third-order valence-corrected chi connectivity index (χ3v) is 2.65. The number of esters is 1. The average Bonchev–Trinajstić information content (AvgIpc) is 2.68. The third-order valence-electron chi connectivity index (χ3n) is 2.45. The van der Waals surface area contributed by atoms with Gasteiger partial charge in [-0.3, -0.25) is 9.78 Å². The Balaban J connectivity index is 2.55. The molecule has 2 heterocycles. The van der Waals surface area contributed by atoms with Crippen LogP contribution in [0.5, 0.6) is 0 Å². The summed E-state index contributed by atoms with van der Waals surface area (Å²) in [6.45, 7) is 1.91. The Bertz CT molecular complexity index is 551. The first kappa shape index (κ1) is 11.9. The fraction of sp³-hybridized carbons (Fsp3) is 0.364. The summed E-state index contributed by atoms with van der Waals surface area (Å²) in [5, 5.41) is -0.285. The van der Waals surface area contributed by atoms with Crippen molar-refractivity contribution in [2.75, 3.05) is 7.11 Å². The molecule has 0 N–H and O–H groups in total. The molecule has 0 amide bonds. The standard InChI is InChI=1S/C11H12ClN3O2/c1-7(12)11-14-8-5-13-4-3-9(8)15(11)6-10(16)17-2/h3-5,7H,6H2,1-2H3. The van der Waals surface area contributed by atoms with Gasteiger partial charge >= 0.3 is 5.97 Å². The van der Waals surface area contributed by atoms with Gasteiger partial charge in [-0.2, -0.15) is 0 Å². The molecular weight excluding hydrogens is 242 g/mol. The number of fused-ring (bicyclic) bond motifs is 1. The van der Waals surface area contributed by atoms with E-state index in [0.29, 0.717) is 5.82 Å². The number of pyridine rings is 1. The summed E-state index contributed by atoms with van der Waals surface area (Å²) in [4.78, 5) is 19.7. The number of carbonyl (C=O) groups is 1. The number of alkyl halides is 1. The minimum atomic E-state index is -0.334. The number of carbonyl (C=O) groups excluding carboxylic acids is 1. The Hall–Kier alpha value is -1.62. The first-order valence-electron chi connectivity index (χ1n) is 5.14. The largest absolute Gasteiger partial charge is 0.468 e. The highest BCUT2D eigenvalue weighted by Crippen LogP contribution is 2.23. The van der Waals surface area contributed by atoms with Crippen LogP contribution in [-0.2, 0) is 16.1 Å². The zero-order valence-electron chi connectivity index (χ0n) is 9.55. The van der Waals surface area contributed by atoms with Crippen molar-refractivity contribution in [3.63, 3.8) is 0 Å². The van der Waals surface area contributed by atoms with Gasteiger partial charge < -0.3 is 9.30 Å². The summed E-state index contributed by atoms with van der Waals surface area (Å²) < 4.78 is 6.41. The van der Waals surface area contributed by atoms with Crippen LogP contribution < -0.4 is 0 Å². The molecule has 1 unspecified atom stereocenters. The highest BCUT2D eigenvalue weighted by Gasteiger charge is 2.17. The van der Waals surface area contributed by atoms with Crippen LogP contribution >= 0.6 is 11.6 Å². The number of nitrogens with zero attached hydrogens (tertiary/aromatic N) is 3. The molecule has 2 rings (SSSR count). The van der Waals surface area contributed by atoms with Crippen molar-refractivity contribution in [2.24, 2.45) is 0 Å². The number of hydrogen-bond acceptors (Lipinski definition) is 4. The summed E-state index contributed by atoms with van der Waals surface area (Å²) in [6.07, 6.45) is 3.30. The summed E-state index contributed by atoms with van der Waals surface area (Å²) >= 11 is 6.05. The van der Waals surface area contributed by atoms with E-state index < -0.39 is 0 Å². The molecule has 0 saturated heterocycles. The number of ether oxygens (including phenoxy) is 1. The summed E-state index contributed by atoms with van der Waals surface area (Å²) in [7, 11) is 1.35. The minimum Gasteiger partial charge on any atom is -0.468 e. The predicted octanol–water partition coefficient (Wildman–Crippen LogP) is 1.90. The maximum Gasteiger partial charge on any atom is 0.325 e. The Kier molecular flexibility index (Phi) is 3.28. The van der Waals surface area contributed by atoms with Gasteiger partial charge in [-0.1, -0.05) is 0 Å². The van der Waals surface area contributed by atoms with E-state index >= 15 is 0 Å². The van der Waals surface area contributed by atoms with Crippen LogP contribution in [-0.4, -0.2) is 27.6 Å². The minimum absolute atomic E-state index is 0.101. The SMILES string of the molecule is COC(=O)Cn1c(C(C)Cl)nc2cnccc21. The van der Waals surface area contributed by atoms with Gasteiger partial charge in [-0.15, -0.1) is 11.6 Å². The molecule has 0 radical (unpaired) electrons. The second-order valence-electron chi connectivity index (χ2n) is 3.61. The predicted molar refractivity (Wildman–Crippen MR) is 63.8 cm³/mol. The fourth-order valence-electron chi connectivity index (χ4n) is 1.66. The van der Waals surface area contributed by atoms with Crippen molar-refractivity contribution >= 4 is 28.6 Å². The summed E-state index contributed by atoms with van der Waals surface area (Å²) in [5.74, 6) is 0.305. The van der Waals surface area contributed by atoms with Gasteiger partial charge in [0, 0.05) is 6.20 Å². The van der Waals surface area contributed by atoms with Crippen LogP contribution in [0.4, 0.5) is 0 Å². The van der Waals surface area contributed by atoms with Gasteiger partial charge in [0.05, 0.1) is 24.2 Å². The maximum absolute atomic E-state index is 11.4. The van der Waals surface area contributed by atoms with E-state index in [4.69, 9.17) is 11.6 Å². The molecule has 6 heteroatoms. The molecule has 5 nitrogen and oxygen atoms in total. The topological polar surface area (TPSA) is 57.0 Å². The van der Waals surface area contributed by atoms with Crippen LogP contribution in [0.2, 0.25) is 0 Å². The normalized spacial score (nSPS) is 12.6. The van der Waals surface area contributed by atoms with Gasteiger partial charge in [0.25, 0.3) is 0 Å². The Morgan fingerprint density at radius 2 is 2.41 bits per heavy atom. The van der Waals surface area contributed by atoms with Crippen molar-refractivity contribution < 1.29 is 9.53 Å². The molecule has 1 atom stereocenters. The van der Waals surface area contributed by atoms with Crippen molar-refractivity contribution in [3.8, 4) is 0 Å². The van der Waals surface area contributed by atoms with Crippen LogP contribution in [0.1, 0.15) is 18.1 Å². The molecule has 0 bridgehead atoms. The molecule has 0 aliphatic carbocycles. The van der Waals surface area contributed by atoms with E-state index in [-0.39, 0.29) is 17.9 Å². The molecule has 2 aromatic heterocycles. The van der Waals surface area contributed by atoms with Gasteiger partial charge in [0.15, 0.2) is 0 Å². The Morgan fingerprint density at radius 1 is 1.65 bits per heavy atom. The molecule has 0 spiro atoms. The molecule has 0 saturated carbocycles. The number of rotatable bonds is 3. The molecule has 90 valence electrons. The lowest BCUT2D eigenvalue weighted by molar-refractivity contribution is -0.141. The number of aromatic nitrogens is 3. The van der Waals surface area contributed by atoms with Crippen molar-refractivity contribution in [1.82, 2.24) is 14.5 Å². The number of imidazole rings is 1. The van der Waals surface area contributed by atoms with E-state index in [1.165, 1.54) is 7.11 Å². The second kappa shape index (κ2) is 4.71. The lowest BCUT2D eigenvalue weighted by Gasteiger charge is -2.08. The number of methoxy groups -OCH3 is 1. The molecule has 17 heavy (non-hydrogen) atoms. The Morgan fingerprint density at radius 3 is 3.06 bits per heavy atom. The van der Waals surface area contributed by atoms with Crippen LogP contribution in [0.15, 0.2) is 18.5 Å². The van der Waals surface area contributed by atoms with E-state index in [9.17, 15) is 4.79 Å². The number of halogens is 1. The molecule has 0 aliphatic rings. The summed E-state index contributed by atoms with van der Waals surface area (Å²) in [5.41, 5.74) is 1.55.